The zero-order chi connectivity index (χ0) is 10.6. The van der Waals surface area contributed by atoms with Crippen molar-refractivity contribution in [3.05, 3.63) is 12.3 Å². The summed E-state index contributed by atoms with van der Waals surface area (Å²) in [6, 6.07) is 0. The van der Waals surface area contributed by atoms with Gasteiger partial charge in [-0.2, -0.15) is 0 Å². The van der Waals surface area contributed by atoms with Crippen LogP contribution in [0.3, 0.4) is 0 Å². The Balaban J connectivity index is 2.19. The molecule has 0 bridgehead atoms. The predicted molar refractivity (Wildman–Crippen MR) is 60.1 cm³/mol. The van der Waals surface area contributed by atoms with Gasteiger partial charge in [0, 0.05) is 6.42 Å². The Bertz CT molecular complexity index is 187. The molecule has 0 spiro atoms. The largest absolute Gasteiger partial charge is 0.513 e. The Morgan fingerprint density at radius 3 is 2.64 bits per heavy atom. The van der Waals surface area contributed by atoms with Crippen molar-refractivity contribution in [1.82, 2.24) is 0 Å². The summed E-state index contributed by atoms with van der Waals surface area (Å²) < 4.78 is 0. The fourth-order valence-electron chi connectivity index (χ4n) is 2.18. The summed E-state index contributed by atoms with van der Waals surface area (Å²) in [5.74, 6) is 2.43. The first-order valence-electron chi connectivity index (χ1n) is 5.68. The van der Waals surface area contributed by atoms with Crippen molar-refractivity contribution >= 4 is 0 Å². The van der Waals surface area contributed by atoms with Crippen LogP contribution in [0.15, 0.2) is 12.3 Å². The second-order valence-electron chi connectivity index (χ2n) is 4.89. The van der Waals surface area contributed by atoms with Gasteiger partial charge in [0.1, 0.15) is 0 Å². The van der Waals surface area contributed by atoms with Gasteiger partial charge >= 0.3 is 0 Å². The van der Waals surface area contributed by atoms with E-state index in [0.29, 0.717) is 18.9 Å². The van der Waals surface area contributed by atoms with E-state index in [0.717, 1.165) is 18.3 Å². The van der Waals surface area contributed by atoms with Gasteiger partial charge in [0.2, 0.25) is 0 Å². The summed E-state index contributed by atoms with van der Waals surface area (Å²) >= 11 is 0. The molecule has 14 heavy (non-hydrogen) atoms. The highest BCUT2D eigenvalue weighted by Crippen LogP contribution is 2.37. The van der Waals surface area contributed by atoms with Crippen LogP contribution in [0.5, 0.6) is 0 Å². The summed E-state index contributed by atoms with van der Waals surface area (Å²) in [5.41, 5.74) is 5.66. The summed E-state index contributed by atoms with van der Waals surface area (Å²) in [6.45, 7) is 6.48. The van der Waals surface area contributed by atoms with Crippen LogP contribution in [0.2, 0.25) is 0 Å². The molecule has 2 heteroatoms. The predicted octanol–water partition coefficient (Wildman–Crippen LogP) is 2.85. The minimum Gasteiger partial charge on any atom is -0.513 e. The van der Waals surface area contributed by atoms with E-state index in [1.165, 1.54) is 19.3 Å². The maximum Gasteiger partial charge on any atom is 0.0854 e. The molecule has 0 aliphatic heterocycles. The summed E-state index contributed by atoms with van der Waals surface area (Å²) in [7, 11) is 0. The van der Waals surface area contributed by atoms with Crippen LogP contribution in [-0.4, -0.2) is 11.7 Å². The molecule has 1 aliphatic rings. The number of allylic oxidation sites excluding steroid dienone is 1. The van der Waals surface area contributed by atoms with E-state index in [1.807, 2.05) is 0 Å². The second-order valence-corrected chi connectivity index (χ2v) is 4.89. The van der Waals surface area contributed by atoms with Gasteiger partial charge in [-0.1, -0.05) is 26.3 Å². The molecule has 3 N–H and O–H groups in total. The third kappa shape index (κ3) is 4.66. The van der Waals surface area contributed by atoms with Crippen LogP contribution >= 0.6 is 0 Å². The topological polar surface area (TPSA) is 46.2 Å². The highest BCUT2D eigenvalue weighted by molar-refractivity contribution is 4.84. The van der Waals surface area contributed by atoms with Gasteiger partial charge < -0.3 is 10.8 Å². The lowest BCUT2D eigenvalue weighted by atomic mass is 9.89. The zero-order valence-electron chi connectivity index (χ0n) is 9.21. The number of hydrogen-bond acceptors (Lipinski definition) is 2. The maximum absolute atomic E-state index is 9.11. The summed E-state index contributed by atoms with van der Waals surface area (Å²) in [4.78, 5) is 0. The van der Waals surface area contributed by atoms with Gasteiger partial charge in [0.05, 0.1) is 5.76 Å². The molecule has 0 aromatic rings. The molecule has 0 heterocycles. The Labute approximate surface area is 87.2 Å². The molecule has 1 saturated carbocycles. The highest BCUT2D eigenvalue weighted by atomic mass is 16.3. The normalized spacial score (nSPS) is 20.4. The summed E-state index contributed by atoms with van der Waals surface area (Å²) in [5, 5.41) is 9.11. The molecular formula is C12H23NO. The van der Waals surface area contributed by atoms with Crippen molar-refractivity contribution in [3.63, 3.8) is 0 Å². The van der Waals surface area contributed by atoms with Crippen LogP contribution < -0.4 is 5.73 Å². The van der Waals surface area contributed by atoms with Gasteiger partial charge in [-0.05, 0) is 37.1 Å². The van der Waals surface area contributed by atoms with E-state index in [2.05, 4.69) is 13.5 Å². The Hall–Kier alpha value is -0.500. The lowest BCUT2D eigenvalue weighted by molar-refractivity contribution is 0.311. The molecule has 2 atom stereocenters. The Morgan fingerprint density at radius 1 is 1.57 bits per heavy atom. The fourth-order valence-corrected chi connectivity index (χ4v) is 2.18. The first-order valence-corrected chi connectivity index (χ1v) is 5.68. The first kappa shape index (κ1) is 11.6. The lowest BCUT2D eigenvalue weighted by Crippen LogP contribution is -2.18. The third-order valence-corrected chi connectivity index (χ3v) is 3.03. The number of aliphatic hydroxyl groups excluding tert-OH is 1. The molecule has 82 valence electrons. The number of aliphatic hydroxyl groups is 1. The molecule has 0 saturated heterocycles. The number of hydrogen-bond donors (Lipinski definition) is 2. The standard InChI is InChI=1S/C12H23NO/c1-9(5-11-3-4-11)6-12(8-13)7-10(2)14/h9,11-12,14H,2-8,13H2,1H3/t9-,12+/m1/s1. The maximum atomic E-state index is 9.11. The van der Waals surface area contributed by atoms with Crippen LogP contribution in [0.25, 0.3) is 0 Å². The van der Waals surface area contributed by atoms with Crippen molar-refractivity contribution in [1.29, 1.82) is 0 Å². The Morgan fingerprint density at radius 2 is 2.21 bits per heavy atom. The van der Waals surface area contributed by atoms with Crippen molar-refractivity contribution in [2.45, 2.75) is 39.0 Å². The van der Waals surface area contributed by atoms with E-state index in [1.54, 1.807) is 0 Å². The first-order chi connectivity index (χ1) is 6.61. The van der Waals surface area contributed by atoms with E-state index in [4.69, 9.17) is 10.8 Å². The Kier molecular flexibility index (Phi) is 4.46. The van der Waals surface area contributed by atoms with E-state index in [9.17, 15) is 0 Å². The summed E-state index contributed by atoms with van der Waals surface area (Å²) in [6.07, 6.45) is 5.99. The van der Waals surface area contributed by atoms with Gasteiger partial charge in [0.25, 0.3) is 0 Å². The van der Waals surface area contributed by atoms with Gasteiger partial charge in [-0.3, -0.25) is 0 Å². The van der Waals surface area contributed by atoms with Gasteiger partial charge in [-0.15, -0.1) is 0 Å². The molecule has 0 amide bonds. The molecule has 1 aliphatic carbocycles. The van der Waals surface area contributed by atoms with Gasteiger partial charge in [-0.25, -0.2) is 0 Å². The zero-order valence-corrected chi connectivity index (χ0v) is 9.21. The van der Waals surface area contributed by atoms with Crippen LogP contribution in [0, 0.1) is 17.8 Å². The van der Waals surface area contributed by atoms with Crippen molar-refractivity contribution in [3.8, 4) is 0 Å². The van der Waals surface area contributed by atoms with Crippen molar-refractivity contribution < 1.29 is 5.11 Å². The average molecular weight is 197 g/mol. The smallest absolute Gasteiger partial charge is 0.0854 e. The molecule has 0 aromatic heterocycles. The second kappa shape index (κ2) is 5.40. The SMILES string of the molecule is C=C(O)C[C@@H](CN)C[C@H](C)CC1CC1. The monoisotopic (exact) mass is 197 g/mol. The molecule has 0 unspecified atom stereocenters. The van der Waals surface area contributed by atoms with Crippen LogP contribution in [0.4, 0.5) is 0 Å². The van der Waals surface area contributed by atoms with Crippen LogP contribution in [-0.2, 0) is 0 Å². The number of nitrogens with two attached hydrogens (primary N) is 1. The van der Waals surface area contributed by atoms with Crippen molar-refractivity contribution in [2.24, 2.45) is 23.5 Å². The van der Waals surface area contributed by atoms with Crippen LogP contribution in [0.1, 0.15) is 39.0 Å². The quantitative estimate of drug-likeness (QED) is 0.616. The third-order valence-electron chi connectivity index (χ3n) is 3.03. The molecular weight excluding hydrogens is 174 g/mol. The minimum absolute atomic E-state index is 0.277. The highest BCUT2D eigenvalue weighted by Gasteiger charge is 2.24. The minimum atomic E-state index is 0.277. The molecule has 1 rings (SSSR count). The molecule has 1 fully saturated rings. The van der Waals surface area contributed by atoms with E-state index < -0.39 is 0 Å². The molecule has 0 radical (unpaired) electrons. The number of rotatable bonds is 7. The molecule has 0 aromatic carbocycles. The lowest BCUT2D eigenvalue weighted by Gasteiger charge is -2.18. The van der Waals surface area contributed by atoms with Crippen molar-refractivity contribution in [2.75, 3.05) is 6.54 Å². The average Bonchev–Trinajstić information content (AvgIpc) is 2.86. The fraction of sp³-hybridized carbons (Fsp3) is 0.833. The van der Waals surface area contributed by atoms with Gasteiger partial charge in [0.15, 0.2) is 0 Å². The van der Waals surface area contributed by atoms with E-state index in [-0.39, 0.29) is 5.76 Å². The van der Waals surface area contributed by atoms with E-state index >= 15 is 0 Å². The molecule has 2 nitrogen and oxygen atoms in total.